The second-order valence-corrected chi connectivity index (χ2v) is 14.0. The number of rotatable bonds is 5. The van der Waals surface area contributed by atoms with Gasteiger partial charge in [-0.1, -0.05) is 145 Å². The van der Waals surface area contributed by atoms with Crippen molar-refractivity contribution in [2.24, 2.45) is 0 Å². The first-order chi connectivity index (χ1) is 30.3. The zero-order valence-corrected chi connectivity index (χ0v) is 30.0. The van der Waals surface area contributed by atoms with Crippen molar-refractivity contribution in [3.63, 3.8) is 0 Å². The summed E-state index contributed by atoms with van der Waals surface area (Å²) in [5.74, 6) is 0.309. The Hall–Kier alpha value is -7.83. The van der Waals surface area contributed by atoms with Crippen molar-refractivity contribution in [3.8, 4) is 51.0 Å². The van der Waals surface area contributed by atoms with Crippen LogP contribution in [-0.2, 0) is 0 Å². The van der Waals surface area contributed by atoms with E-state index in [9.17, 15) is 0 Å². The largest absolute Gasteiger partial charge is 0.456 e. The Morgan fingerprint density at radius 2 is 1.09 bits per heavy atom. The summed E-state index contributed by atoms with van der Waals surface area (Å²) in [6.07, 6.45) is 0. The van der Waals surface area contributed by atoms with Crippen molar-refractivity contribution in [2.45, 2.75) is 0 Å². The molecule has 6 nitrogen and oxygen atoms in total. The lowest BCUT2D eigenvalue weighted by molar-refractivity contribution is 0.669. The standard InChI is InChI=1S/C51H30N4O2/c1-4-14-31(15-5-1)35-21-12-23-41-45(35)40-29-28-38-37-20-10-11-24-42(37)57-48(38)47(40)55(41)51-53-49(33-18-8-3-9-19-33)52-50(54-51)34-26-27-39-44(30-34)56-43-25-13-22-36(46(39)43)32-16-6-2-7-17-32/h1-30H/i3D,8D,9D,18D,19D. The molecular formula is C51H30N4O2. The molecule has 12 aromatic rings. The molecule has 0 aliphatic rings. The van der Waals surface area contributed by atoms with E-state index in [0.29, 0.717) is 22.2 Å². The molecule has 0 N–H and O–H groups in total. The molecule has 266 valence electrons. The lowest BCUT2D eigenvalue weighted by atomic mass is 9.99. The molecule has 6 heteroatoms. The topological polar surface area (TPSA) is 69.9 Å². The molecule has 4 heterocycles. The van der Waals surface area contributed by atoms with E-state index >= 15 is 0 Å². The van der Waals surface area contributed by atoms with Crippen LogP contribution in [0.2, 0.25) is 0 Å². The lowest BCUT2D eigenvalue weighted by Crippen LogP contribution is -2.06. The van der Waals surface area contributed by atoms with Gasteiger partial charge in [-0.3, -0.25) is 4.57 Å². The van der Waals surface area contributed by atoms with Gasteiger partial charge in [0.1, 0.15) is 22.3 Å². The smallest absolute Gasteiger partial charge is 0.238 e. The number of para-hydroxylation sites is 1. The Kier molecular flexibility index (Phi) is 5.82. The quantitative estimate of drug-likeness (QED) is 0.176. The average molecular weight is 736 g/mol. The van der Waals surface area contributed by atoms with E-state index in [-0.39, 0.29) is 23.2 Å². The van der Waals surface area contributed by atoms with Crippen LogP contribution < -0.4 is 0 Å². The van der Waals surface area contributed by atoms with Gasteiger partial charge in [0.2, 0.25) is 5.95 Å². The number of nitrogens with zero attached hydrogens (tertiary/aromatic N) is 4. The van der Waals surface area contributed by atoms with Gasteiger partial charge in [-0.2, -0.15) is 9.97 Å². The van der Waals surface area contributed by atoms with Gasteiger partial charge in [-0.25, -0.2) is 4.98 Å². The van der Waals surface area contributed by atoms with Gasteiger partial charge in [0.05, 0.1) is 12.4 Å². The molecule has 0 aliphatic heterocycles. The fourth-order valence-electron chi connectivity index (χ4n) is 8.28. The fraction of sp³-hybridized carbons (Fsp3) is 0. The molecule has 0 atom stereocenters. The van der Waals surface area contributed by atoms with Crippen molar-refractivity contribution < 1.29 is 15.7 Å². The Morgan fingerprint density at radius 1 is 0.439 bits per heavy atom. The Balaban J connectivity index is 1.19. The molecule has 0 radical (unpaired) electrons. The van der Waals surface area contributed by atoms with Gasteiger partial charge in [-0.05, 0) is 58.7 Å². The van der Waals surface area contributed by atoms with Gasteiger partial charge in [0, 0.05) is 43.4 Å². The maximum atomic E-state index is 9.00. The van der Waals surface area contributed by atoms with Crippen LogP contribution in [0, 0.1) is 0 Å². The second kappa shape index (κ2) is 12.3. The maximum absolute atomic E-state index is 9.00. The highest BCUT2D eigenvalue weighted by atomic mass is 16.3. The minimum absolute atomic E-state index is 0.0796. The highest BCUT2D eigenvalue weighted by Crippen LogP contribution is 2.44. The van der Waals surface area contributed by atoms with Crippen LogP contribution in [0.4, 0.5) is 0 Å². The monoisotopic (exact) mass is 735 g/mol. The number of fused-ring (bicyclic) bond motifs is 10. The predicted molar refractivity (Wildman–Crippen MR) is 230 cm³/mol. The minimum atomic E-state index is -0.508. The summed E-state index contributed by atoms with van der Waals surface area (Å²) in [7, 11) is 0. The number of hydrogen-bond donors (Lipinski definition) is 0. The highest BCUT2D eigenvalue weighted by molar-refractivity contribution is 6.24. The minimum Gasteiger partial charge on any atom is -0.456 e. The summed E-state index contributed by atoms with van der Waals surface area (Å²) in [5, 5.41) is 5.59. The van der Waals surface area contributed by atoms with Gasteiger partial charge in [0.25, 0.3) is 0 Å². The first-order valence-electron chi connectivity index (χ1n) is 21.1. The van der Waals surface area contributed by atoms with Gasteiger partial charge in [-0.15, -0.1) is 0 Å². The molecule has 8 aromatic carbocycles. The molecule has 0 saturated carbocycles. The van der Waals surface area contributed by atoms with Crippen molar-refractivity contribution in [1.82, 2.24) is 19.5 Å². The van der Waals surface area contributed by atoms with Gasteiger partial charge >= 0.3 is 0 Å². The van der Waals surface area contributed by atoms with Crippen LogP contribution in [0.3, 0.4) is 0 Å². The lowest BCUT2D eigenvalue weighted by Gasteiger charge is -2.11. The van der Waals surface area contributed by atoms with Crippen LogP contribution in [-0.4, -0.2) is 19.5 Å². The van der Waals surface area contributed by atoms with Crippen molar-refractivity contribution in [1.29, 1.82) is 0 Å². The summed E-state index contributed by atoms with van der Waals surface area (Å²) in [6.45, 7) is 0. The van der Waals surface area contributed by atoms with E-state index in [1.165, 1.54) is 0 Å². The van der Waals surface area contributed by atoms with E-state index in [1.54, 1.807) is 0 Å². The van der Waals surface area contributed by atoms with Crippen molar-refractivity contribution in [2.75, 3.05) is 0 Å². The van der Waals surface area contributed by atoms with Crippen LogP contribution in [0.15, 0.2) is 191 Å². The summed E-state index contributed by atoms with van der Waals surface area (Å²) in [6, 6.07) is 48.0. The van der Waals surface area contributed by atoms with Gasteiger partial charge in [0.15, 0.2) is 17.2 Å². The maximum Gasteiger partial charge on any atom is 0.238 e. The zero-order valence-electron chi connectivity index (χ0n) is 35.0. The second-order valence-electron chi connectivity index (χ2n) is 14.0. The molecule has 0 unspecified atom stereocenters. The Bertz CT molecular complexity index is 3790. The molecule has 0 bridgehead atoms. The molecule has 0 saturated heterocycles. The first kappa shape index (κ1) is 26.9. The number of furan rings is 2. The van der Waals surface area contributed by atoms with Crippen LogP contribution in [0.25, 0.3) is 117 Å². The van der Waals surface area contributed by atoms with E-state index in [4.69, 9.17) is 30.6 Å². The number of benzene rings is 8. The summed E-state index contributed by atoms with van der Waals surface area (Å²) in [5.41, 5.74) is 8.73. The van der Waals surface area contributed by atoms with E-state index in [0.717, 1.165) is 71.3 Å². The van der Waals surface area contributed by atoms with E-state index in [2.05, 4.69) is 48.5 Å². The van der Waals surface area contributed by atoms with Crippen LogP contribution in [0.5, 0.6) is 0 Å². The SMILES string of the molecule is [2H]c1c([2H])c([2H])c(-c2nc(-c3ccc4c(c3)oc3cccc(-c5ccccc5)c34)nc(-n3c4cccc(-c5ccccc5)c4c4ccc5c6ccccc6oc5c43)n2)c([2H])c1[2H]. The number of aromatic nitrogens is 4. The zero-order chi connectivity index (χ0) is 41.8. The molecule has 0 fully saturated rings. The molecule has 0 spiro atoms. The summed E-state index contributed by atoms with van der Waals surface area (Å²) in [4.78, 5) is 15.1. The van der Waals surface area contributed by atoms with Crippen molar-refractivity contribution >= 4 is 65.7 Å². The van der Waals surface area contributed by atoms with E-state index < -0.39 is 30.2 Å². The highest BCUT2D eigenvalue weighted by Gasteiger charge is 2.24. The number of hydrogen-bond acceptors (Lipinski definition) is 5. The Labute approximate surface area is 332 Å². The van der Waals surface area contributed by atoms with Crippen LogP contribution in [0.1, 0.15) is 6.85 Å². The van der Waals surface area contributed by atoms with E-state index in [1.807, 2.05) is 108 Å². The molecular weight excluding hydrogens is 701 g/mol. The molecule has 12 rings (SSSR count). The molecule has 57 heavy (non-hydrogen) atoms. The molecule has 4 aromatic heterocycles. The molecule has 0 aliphatic carbocycles. The third-order valence-electron chi connectivity index (χ3n) is 10.8. The third-order valence-corrected chi connectivity index (χ3v) is 10.8. The summed E-state index contributed by atoms with van der Waals surface area (Å²) >= 11 is 0. The van der Waals surface area contributed by atoms with Crippen LogP contribution >= 0.6 is 0 Å². The van der Waals surface area contributed by atoms with Gasteiger partial charge < -0.3 is 8.83 Å². The fourth-order valence-corrected chi connectivity index (χ4v) is 8.28. The normalized spacial score (nSPS) is 13.1. The predicted octanol–water partition coefficient (Wildman–Crippen LogP) is 13.4. The van der Waals surface area contributed by atoms with Crippen molar-refractivity contribution in [3.05, 3.63) is 182 Å². The average Bonchev–Trinajstić information content (AvgIpc) is 4.00. The summed E-state index contributed by atoms with van der Waals surface area (Å²) < 4.78 is 58.6. The third kappa shape index (κ3) is 4.87. The Morgan fingerprint density at radius 3 is 1.88 bits per heavy atom. The molecule has 0 amide bonds. The first-order valence-corrected chi connectivity index (χ1v) is 18.6.